The number of hydrogen-bond donors (Lipinski definition) is 2. The molecule has 2 aromatic carbocycles. The second-order valence-electron chi connectivity index (χ2n) is 5.69. The lowest BCUT2D eigenvalue weighted by Gasteiger charge is -2.09. The van der Waals surface area contributed by atoms with E-state index >= 15 is 0 Å². The highest BCUT2D eigenvalue weighted by Crippen LogP contribution is 2.17. The molecule has 0 aliphatic rings. The van der Waals surface area contributed by atoms with Gasteiger partial charge in [0.25, 0.3) is 5.91 Å². The van der Waals surface area contributed by atoms with Crippen molar-refractivity contribution in [1.29, 1.82) is 0 Å². The zero-order valence-corrected chi connectivity index (χ0v) is 13.9. The van der Waals surface area contributed by atoms with Crippen LogP contribution in [0.1, 0.15) is 15.9 Å². The average molecular weight is 353 g/mol. The van der Waals surface area contributed by atoms with Gasteiger partial charge in [0.2, 0.25) is 0 Å². The van der Waals surface area contributed by atoms with Gasteiger partial charge in [0.05, 0.1) is 17.4 Å². The molecule has 0 bridgehead atoms. The fourth-order valence-corrected chi connectivity index (χ4v) is 2.45. The van der Waals surface area contributed by atoms with E-state index in [9.17, 15) is 13.6 Å². The number of hydrogen-bond acceptors (Lipinski definition) is 3. The van der Waals surface area contributed by atoms with Crippen LogP contribution >= 0.6 is 0 Å². The minimum Gasteiger partial charge on any atom is -0.354 e. The fraction of sp³-hybridized carbons (Fsp3) is 0.100. The molecule has 1 heterocycles. The van der Waals surface area contributed by atoms with Gasteiger partial charge in [-0.05, 0) is 48.4 Å². The van der Waals surface area contributed by atoms with Crippen LogP contribution in [0.5, 0.6) is 0 Å². The number of halogens is 2. The number of carbonyl (C=O) groups is 1. The van der Waals surface area contributed by atoms with Gasteiger partial charge < -0.3 is 10.6 Å². The van der Waals surface area contributed by atoms with E-state index < -0.39 is 0 Å². The largest absolute Gasteiger partial charge is 0.354 e. The van der Waals surface area contributed by atoms with Crippen molar-refractivity contribution in [3.05, 3.63) is 89.8 Å². The topological polar surface area (TPSA) is 54.0 Å². The molecular weight excluding hydrogens is 336 g/mol. The van der Waals surface area contributed by atoms with Crippen LogP contribution in [0.3, 0.4) is 0 Å². The summed E-state index contributed by atoms with van der Waals surface area (Å²) in [6.07, 6.45) is 3.42. The van der Waals surface area contributed by atoms with Crippen LogP contribution in [0.4, 0.5) is 20.2 Å². The number of amides is 1. The molecule has 1 amide bonds. The SMILES string of the molecule is O=C(NCCc1ccccc1F)c1cncc(Nc2ccc(F)cc2)c1. The molecule has 4 nitrogen and oxygen atoms in total. The van der Waals surface area contributed by atoms with Gasteiger partial charge in [0.1, 0.15) is 11.6 Å². The molecule has 0 saturated heterocycles. The molecule has 0 aliphatic carbocycles. The van der Waals surface area contributed by atoms with Crippen LogP contribution in [0.25, 0.3) is 0 Å². The lowest BCUT2D eigenvalue weighted by atomic mass is 10.1. The van der Waals surface area contributed by atoms with Crippen LogP contribution < -0.4 is 10.6 Å². The Bertz CT molecular complexity index is 898. The first kappa shape index (κ1) is 17.5. The van der Waals surface area contributed by atoms with E-state index in [4.69, 9.17) is 0 Å². The van der Waals surface area contributed by atoms with Crippen molar-refractivity contribution in [3.8, 4) is 0 Å². The Morgan fingerprint density at radius 2 is 1.73 bits per heavy atom. The summed E-state index contributed by atoms with van der Waals surface area (Å²) in [5.74, 6) is -0.901. The van der Waals surface area contributed by atoms with Gasteiger partial charge in [0.15, 0.2) is 0 Å². The van der Waals surface area contributed by atoms with Crippen LogP contribution in [-0.2, 0) is 6.42 Å². The summed E-state index contributed by atoms with van der Waals surface area (Å²) in [6, 6.07) is 14.0. The third kappa shape index (κ3) is 4.63. The summed E-state index contributed by atoms with van der Waals surface area (Å²) < 4.78 is 26.5. The third-order valence-corrected chi connectivity index (χ3v) is 3.77. The summed E-state index contributed by atoms with van der Waals surface area (Å²) in [5, 5.41) is 5.81. The maximum atomic E-state index is 13.6. The molecule has 0 aliphatic heterocycles. The molecule has 0 saturated carbocycles. The number of aromatic nitrogens is 1. The van der Waals surface area contributed by atoms with Gasteiger partial charge in [-0.3, -0.25) is 9.78 Å². The van der Waals surface area contributed by atoms with Crippen LogP contribution in [0.15, 0.2) is 67.0 Å². The Kier molecular flexibility index (Phi) is 5.53. The van der Waals surface area contributed by atoms with Crippen molar-refractivity contribution in [2.24, 2.45) is 0 Å². The van der Waals surface area contributed by atoms with E-state index in [-0.39, 0.29) is 17.5 Å². The van der Waals surface area contributed by atoms with Crippen molar-refractivity contribution in [1.82, 2.24) is 10.3 Å². The quantitative estimate of drug-likeness (QED) is 0.702. The van der Waals surface area contributed by atoms with E-state index in [0.29, 0.717) is 35.5 Å². The molecule has 132 valence electrons. The molecule has 0 fully saturated rings. The smallest absolute Gasteiger partial charge is 0.252 e. The second-order valence-corrected chi connectivity index (χ2v) is 5.69. The van der Waals surface area contributed by atoms with Gasteiger partial charge in [-0.1, -0.05) is 18.2 Å². The van der Waals surface area contributed by atoms with Crippen molar-refractivity contribution >= 4 is 17.3 Å². The first-order valence-corrected chi connectivity index (χ1v) is 8.11. The van der Waals surface area contributed by atoms with Gasteiger partial charge >= 0.3 is 0 Å². The minimum absolute atomic E-state index is 0.283. The minimum atomic E-state index is -0.323. The predicted molar refractivity (Wildman–Crippen MR) is 96.4 cm³/mol. The number of rotatable bonds is 6. The van der Waals surface area contributed by atoms with Gasteiger partial charge in [-0.2, -0.15) is 0 Å². The molecule has 0 radical (unpaired) electrons. The van der Waals surface area contributed by atoms with Crippen molar-refractivity contribution in [3.63, 3.8) is 0 Å². The monoisotopic (exact) mass is 353 g/mol. The van der Waals surface area contributed by atoms with E-state index in [2.05, 4.69) is 15.6 Å². The molecule has 26 heavy (non-hydrogen) atoms. The number of nitrogens with one attached hydrogen (secondary N) is 2. The normalized spacial score (nSPS) is 10.4. The van der Waals surface area contributed by atoms with Crippen LogP contribution in [-0.4, -0.2) is 17.4 Å². The molecule has 3 rings (SSSR count). The summed E-state index contributed by atoms with van der Waals surface area (Å²) in [6.45, 7) is 0.315. The summed E-state index contributed by atoms with van der Waals surface area (Å²) in [7, 11) is 0. The van der Waals surface area contributed by atoms with E-state index in [0.717, 1.165) is 0 Å². The zero-order chi connectivity index (χ0) is 18.4. The molecule has 1 aromatic heterocycles. The van der Waals surface area contributed by atoms with E-state index in [1.165, 1.54) is 24.4 Å². The summed E-state index contributed by atoms with van der Waals surface area (Å²) in [5.41, 5.74) is 2.23. The number of pyridine rings is 1. The summed E-state index contributed by atoms with van der Waals surface area (Å²) >= 11 is 0. The first-order valence-electron chi connectivity index (χ1n) is 8.11. The number of anilines is 2. The van der Waals surface area contributed by atoms with E-state index in [1.54, 1.807) is 42.6 Å². The Labute approximate surface area is 149 Å². The van der Waals surface area contributed by atoms with Crippen LogP contribution in [0, 0.1) is 11.6 Å². The van der Waals surface area contributed by atoms with Crippen LogP contribution in [0.2, 0.25) is 0 Å². The van der Waals surface area contributed by atoms with Crippen molar-refractivity contribution in [2.75, 3.05) is 11.9 Å². The molecule has 0 atom stereocenters. The lowest BCUT2D eigenvalue weighted by molar-refractivity contribution is 0.0953. The highest BCUT2D eigenvalue weighted by atomic mass is 19.1. The zero-order valence-electron chi connectivity index (χ0n) is 13.9. The number of nitrogens with zero attached hydrogens (tertiary/aromatic N) is 1. The highest BCUT2D eigenvalue weighted by Gasteiger charge is 2.08. The molecule has 3 aromatic rings. The van der Waals surface area contributed by atoms with E-state index in [1.807, 2.05) is 0 Å². The average Bonchev–Trinajstić information content (AvgIpc) is 2.65. The Hall–Kier alpha value is -3.28. The Morgan fingerprint density at radius 3 is 2.50 bits per heavy atom. The molecular formula is C20H17F2N3O. The molecule has 2 N–H and O–H groups in total. The van der Waals surface area contributed by atoms with Crippen molar-refractivity contribution in [2.45, 2.75) is 6.42 Å². The second kappa shape index (κ2) is 8.20. The third-order valence-electron chi connectivity index (χ3n) is 3.77. The first-order chi connectivity index (χ1) is 12.6. The molecule has 0 unspecified atom stereocenters. The lowest BCUT2D eigenvalue weighted by Crippen LogP contribution is -2.26. The molecule has 0 spiro atoms. The maximum absolute atomic E-state index is 13.6. The highest BCUT2D eigenvalue weighted by molar-refractivity contribution is 5.94. The van der Waals surface area contributed by atoms with Gasteiger partial charge in [0, 0.05) is 18.4 Å². The van der Waals surface area contributed by atoms with Gasteiger partial charge in [-0.25, -0.2) is 8.78 Å². The fourth-order valence-electron chi connectivity index (χ4n) is 2.45. The predicted octanol–water partition coefficient (Wildman–Crippen LogP) is 4.08. The maximum Gasteiger partial charge on any atom is 0.252 e. The van der Waals surface area contributed by atoms with Gasteiger partial charge in [-0.15, -0.1) is 0 Å². The molecule has 6 heteroatoms. The Balaban J connectivity index is 1.59. The Morgan fingerprint density at radius 1 is 0.962 bits per heavy atom. The van der Waals surface area contributed by atoms with Crippen molar-refractivity contribution < 1.29 is 13.6 Å². The number of benzene rings is 2. The summed E-state index contributed by atoms with van der Waals surface area (Å²) in [4.78, 5) is 16.3. The standard InChI is InChI=1S/C20H17F2N3O/c21-16-5-7-17(8-6-16)25-18-11-15(12-23-13-18)20(26)24-10-9-14-3-1-2-4-19(14)22/h1-8,11-13,25H,9-10H2,(H,24,26). The number of carbonyl (C=O) groups excluding carboxylic acids is 1.